The Morgan fingerprint density at radius 3 is 1.44 bits per heavy atom. The molecular weight excluding hydrogens is 306 g/mol. The Bertz CT molecular complexity index is 373. The summed E-state index contributed by atoms with van der Waals surface area (Å²) in [6, 6.07) is 0.443. The Morgan fingerprint density at radius 1 is 0.875 bits per heavy atom. The minimum absolute atomic E-state index is 0.222. The van der Waals surface area contributed by atoms with Crippen LogP contribution in [0.3, 0.4) is 0 Å². The standard InChI is InChI=1S/C8H3BrF6O/c9-6-4(7(10,11)12)1-3(16)2-5(6)8(13,14)15/h1-2,16H. The summed E-state index contributed by atoms with van der Waals surface area (Å²) in [7, 11) is 0. The lowest BCUT2D eigenvalue weighted by molar-refractivity contribution is -0.144. The van der Waals surface area contributed by atoms with Gasteiger partial charge in [0.2, 0.25) is 0 Å². The number of benzene rings is 1. The zero-order chi connectivity index (χ0) is 12.7. The van der Waals surface area contributed by atoms with Crippen LogP contribution in [0.15, 0.2) is 16.6 Å². The summed E-state index contributed by atoms with van der Waals surface area (Å²) >= 11 is 2.24. The normalized spacial score (nSPS) is 12.9. The number of phenols is 1. The molecule has 0 bridgehead atoms. The second-order valence-electron chi connectivity index (χ2n) is 2.85. The molecule has 0 fully saturated rings. The van der Waals surface area contributed by atoms with E-state index in [1.165, 1.54) is 0 Å². The van der Waals surface area contributed by atoms with Gasteiger partial charge in [-0.05, 0) is 28.1 Å². The minimum Gasteiger partial charge on any atom is -0.508 e. The second kappa shape index (κ2) is 3.83. The van der Waals surface area contributed by atoms with Crippen molar-refractivity contribution in [1.82, 2.24) is 0 Å². The molecule has 90 valence electrons. The Hall–Kier alpha value is -0.920. The highest BCUT2D eigenvalue weighted by molar-refractivity contribution is 9.10. The van der Waals surface area contributed by atoms with E-state index in [2.05, 4.69) is 15.9 Å². The lowest BCUT2D eigenvalue weighted by atomic mass is 10.1. The van der Waals surface area contributed by atoms with E-state index in [9.17, 15) is 26.3 Å². The highest BCUT2D eigenvalue weighted by Crippen LogP contribution is 2.44. The van der Waals surface area contributed by atoms with E-state index in [1.807, 2.05) is 0 Å². The molecule has 8 heteroatoms. The van der Waals surface area contributed by atoms with Gasteiger partial charge >= 0.3 is 12.4 Å². The number of hydrogen-bond donors (Lipinski definition) is 1. The monoisotopic (exact) mass is 308 g/mol. The third kappa shape index (κ3) is 2.60. The van der Waals surface area contributed by atoms with E-state index in [0.29, 0.717) is 0 Å². The summed E-state index contributed by atoms with van der Waals surface area (Å²) in [4.78, 5) is 0. The minimum atomic E-state index is -4.97. The Labute approximate surface area is 93.8 Å². The van der Waals surface area contributed by atoms with Crippen molar-refractivity contribution in [3.63, 3.8) is 0 Å². The number of alkyl halides is 6. The van der Waals surface area contributed by atoms with Crippen LogP contribution in [0.1, 0.15) is 11.1 Å². The molecule has 0 radical (unpaired) electrons. The quantitative estimate of drug-likeness (QED) is 0.712. The molecule has 1 aromatic rings. The van der Waals surface area contributed by atoms with Crippen molar-refractivity contribution in [2.75, 3.05) is 0 Å². The van der Waals surface area contributed by atoms with Gasteiger partial charge in [0.15, 0.2) is 0 Å². The van der Waals surface area contributed by atoms with Crippen LogP contribution in [0, 0.1) is 0 Å². The third-order valence-electron chi connectivity index (χ3n) is 1.67. The maximum Gasteiger partial charge on any atom is 0.417 e. The molecule has 0 atom stereocenters. The lowest BCUT2D eigenvalue weighted by Gasteiger charge is -2.15. The molecule has 0 aliphatic carbocycles. The highest BCUT2D eigenvalue weighted by Gasteiger charge is 2.40. The van der Waals surface area contributed by atoms with Gasteiger partial charge in [0.1, 0.15) is 5.75 Å². The predicted molar refractivity (Wildman–Crippen MR) is 45.8 cm³/mol. The summed E-state index contributed by atoms with van der Waals surface area (Å²) in [6.07, 6.45) is -9.95. The summed E-state index contributed by atoms with van der Waals surface area (Å²) in [5.74, 6) is -1.09. The molecule has 0 saturated carbocycles. The van der Waals surface area contributed by atoms with Gasteiger partial charge in [0.25, 0.3) is 0 Å². The molecule has 0 unspecified atom stereocenters. The van der Waals surface area contributed by atoms with Crippen molar-refractivity contribution in [1.29, 1.82) is 0 Å². The molecular formula is C8H3BrF6O. The molecule has 1 rings (SSSR count). The van der Waals surface area contributed by atoms with Crippen LogP contribution in [0.25, 0.3) is 0 Å². The molecule has 0 amide bonds. The van der Waals surface area contributed by atoms with Gasteiger partial charge in [-0.25, -0.2) is 0 Å². The smallest absolute Gasteiger partial charge is 0.417 e. The predicted octanol–water partition coefficient (Wildman–Crippen LogP) is 4.19. The molecule has 0 spiro atoms. The van der Waals surface area contributed by atoms with Crippen LogP contribution in [0.5, 0.6) is 5.75 Å². The van der Waals surface area contributed by atoms with Crippen LogP contribution in [-0.4, -0.2) is 5.11 Å². The van der Waals surface area contributed by atoms with Gasteiger partial charge in [-0.3, -0.25) is 0 Å². The number of halogens is 7. The lowest BCUT2D eigenvalue weighted by Crippen LogP contribution is -2.12. The summed E-state index contributed by atoms with van der Waals surface area (Å²) < 4.78 is 72.6. The first kappa shape index (κ1) is 13.1. The number of rotatable bonds is 0. The van der Waals surface area contributed by atoms with Crippen molar-refractivity contribution in [3.05, 3.63) is 27.7 Å². The number of hydrogen-bond acceptors (Lipinski definition) is 1. The summed E-state index contributed by atoms with van der Waals surface area (Å²) in [6.45, 7) is 0. The van der Waals surface area contributed by atoms with Crippen LogP contribution >= 0.6 is 15.9 Å². The summed E-state index contributed by atoms with van der Waals surface area (Å²) in [5, 5.41) is 8.82. The van der Waals surface area contributed by atoms with E-state index < -0.39 is 33.7 Å². The molecule has 0 saturated heterocycles. The Balaban J connectivity index is 3.51. The number of phenolic OH excluding ortho intramolecular Hbond substituents is 1. The SMILES string of the molecule is Oc1cc(C(F)(F)F)c(Br)c(C(F)(F)F)c1. The van der Waals surface area contributed by atoms with Crippen molar-refractivity contribution >= 4 is 15.9 Å². The number of aromatic hydroxyl groups is 1. The van der Waals surface area contributed by atoms with Gasteiger partial charge in [0, 0.05) is 4.47 Å². The molecule has 0 aromatic heterocycles. The molecule has 0 aliphatic heterocycles. The summed E-state index contributed by atoms with van der Waals surface area (Å²) in [5.41, 5.74) is -3.14. The van der Waals surface area contributed by atoms with Gasteiger partial charge in [0.05, 0.1) is 11.1 Å². The maximum absolute atomic E-state index is 12.3. The largest absolute Gasteiger partial charge is 0.508 e. The molecule has 0 heterocycles. The van der Waals surface area contributed by atoms with Gasteiger partial charge < -0.3 is 5.11 Å². The van der Waals surface area contributed by atoms with Gasteiger partial charge in [-0.1, -0.05) is 0 Å². The Kier molecular flexibility index (Phi) is 3.15. The molecule has 16 heavy (non-hydrogen) atoms. The van der Waals surface area contributed by atoms with E-state index in [0.717, 1.165) is 0 Å². The van der Waals surface area contributed by atoms with Gasteiger partial charge in [-0.2, -0.15) is 26.3 Å². The maximum atomic E-state index is 12.3. The molecule has 0 aliphatic rings. The van der Waals surface area contributed by atoms with Crippen molar-refractivity contribution in [2.24, 2.45) is 0 Å². The van der Waals surface area contributed by atoms with Crippen LogP contribution < -0.4 is 0 Å². The Morgan fingerprint density at radius 2 is 1.19 bits per heavy atom. The fraction of sp³-hybridized carbons (Fsp3) is 0.250. The first-order valence-corrected chi connectivity index (χ1v) is 4.49. The zero-order valence-corrected chi connectivity index (χ0v) is 8.83. The van der Waals surface area contributed by atoms with E-state index in [1.54, 1.807) is 0 Å². The van der Waals surface area contributed by atoms with E-state index in [4.69, 9.17) is 5.11 Å². The second-order valence-corrected chi connectivity index (χ2v) is 3.64. The van der Waals surface area contributed by atoms with Crippen LogP contribution in [0.4, 0.5) is 26.3 Å². The van der Waals surface area contributed by atoms with E-state index in [-0.39, 0.29) is 12.1 Å². The first-order chi connectivity index (χ1) is 7.03. The van der Waals surface area contributed by atoms with Crippen molar-refractivity contribution < 1.29 is 31.4 Å². The fourth-order valence-electron chi connectivity index (χ4n) is 1.02. The van der Waals surface area contributed by atoms with Crippen molar-refractivity contribution in [2.45, 2.75) is 12.4 Å². The van der Waals surface area contributed by atoms with Gasteiger partial charge in [-0.15, -0.1) is 0 Å². The van der Waals surface area contributed by atoms with Crippen LogP contribution in [-0.2, 0) is 12.4 Å². The first-order valence-electron chi connectivity index (χ1n) is 3.70. The molecule has 1 N–H and O–H groups in total. The third-order valence-corrected chi connectivity index (χ3v) is 2.52. The van der Waals surface area contributed by atoms with Crippen LogP contribution in [0.2, 0.25) is 0 Å². The zero-order valence-electron chi connectivity index (χ0n) is 7.25. The van der Waals surface area contributed by atoms with Crippen molar-refractivity contribution in [3.8, 4) is 5.75 Å². The topological polar surface area (TPSA) is 20.2 Å². The fourth-order valence-corrected chi connectivity index (χ4v) is 1.70. The van der Waals surface area contributed by atoms with E-state index >= 15 is 0 Å². The average molecular weight is 309 g/mol. The highest BCUT2D eigenvalue weighted by atomic mass is 79.9. The molecule has 1 aromatic carbocycles. The average Bonchev–Trinajstić information content (AvgIpc) is 2.04. The molecule has 1 nitrogen and oxygen atoms in total.